The Kier molecular flexibility index (Phi) is 8.94. The number of hydrogen-bond donors (Lipinski definition) is 3. The van der Waals surface area contributed by atoms with Crippen molar-refractivity contribution in [3.8, 4) is 11.1 Å². The summed E-state index contributed by atoms with van der Waals surface area (Å²) in [5.41, 5.74) is 8.84. The van der Waals surface area contributed by atoms with Crippen LogP contribution in [0.5, 0.6) is 0 Å². The fraction of sp³-hybridized carbons (Fsp3) is 0.571. The molecule has 2 aromatic rings. The lowest BCUT2D eigenvalue weighted by Gasteiger charge is -2.28. The van der Waals surface area contributed by atoms with Gasteiger partial charge in [0.1, 0.15) is 0 Å². The van der Waals surface area contributed by atoms with Gasteiger partial charge in [-0.2, -0.15) is 0 Å². The minimum absolute atomic E-state index is 0.129. The molecule has 0 heterocycles. The summed E-state index contributed by atoms with van der Waals surface area (Å²) in [7, 11) is -2.62. The second-order valence-corrected chi connectivity index (χ2v) is 13.4. The van der Waals surface area contributed by atoms with Gasteiger partial charge in [-0.3, -0.25) is 0 Å². The van der Waals surface area contributed by atoms with Crippen LogP contribution in [-0.2, 0) is 21.7 Å². The van der Waals surface area contributed by atoms with Crippen LogP contribution in [0.4, 0.5) is 0 Å². The number of hydrogen-bond acceptors (Lipinski definition) is 3. The second kappa shape index (κ2) is 9.94. The lowest BCUT2D eigenvalue weighted by Crippen LogP contribution is -2.18. The molecule has 0 aromatic heterocycles. The molecule has 2 rings (SSSR count). The van der Waals surface area contributed by atoms with Crippen LogP contribution in [0.25, 0.3) is 11.1 Å². The molecule has 0 saturated heterocycles. The van der Waals surface area contributed by atoms with Crippen LogP contribution in [0.2, 0.25) is 0 Å². The van der Waals surface area contributed by atoms with Crippen molar-refractivity contribution < 1.29 is 14.7 Å². The molecular formula is C28H45O3P. The summed E-state index contributed by atoms with van der Waals surface area (Å²) < 4.78 is 0. The lowest BCUT2D eigenvalue weighted by atomic mass is 9.76. The van der Waals surface area contributed by atoms with Gasteiger partial charge in [0.05, 0.1) is 0 Å². The first-order valence-corrected chi connectivity index (χ1v) is 12.5. The third-order valence-corrected chi connectivity index (χ3v) is 5.66. The quantitative estimate of drug-likeness (QED) is 0.382. The molecule has 0 unspecified atom stereocenters. The molecule has 0 radical (unpaired) electrons. The Morgan fingerprint density at radius 3 is 0.688 bits per heavy atom. The molecule has 0 bridgehead atoms. The lowest BCUT2D eigenvalue weighted by molar-refractivity contribution is 0.368. The van der Waals surface area contributed by atoms with Gasteiger partial charge in [0.25, 0.3) is 0 Å². The smallest absolute Gasteiger partial charge is 0.324 e. The standard InChI is InChI=1S/C28H42.H3O3P/c1-25(2,3)21-13-19(14-22(17-21)26(4,5)6)20-15-23(27(7,8)9)18-24(16-20)28(10,11)12;1-4(2)3/h13-18H,1-12H3;1-3H. The van der Waals surface area contributed by atoms with Crippen LogP contribution in [0.3, 0.4) is 0 Å². The average molecular weight is 461 g/mol. The zero-order chi connectivity index (χ0) is 25.3. The van der Waals surface area contributed by atoms with Gasteiger partial charge in [-0.25, -0.2) is 0 Å². The van der Waals surface area contributed by atoms with E-state index in [9.17, 15) is 0 Å². The molecular weight excluding hydrogens is 415 g/mol. The fourth-order valence-electron chi connectivity index (χ4n) is 3.32. The summed E-state index contributed by atoms with van der Waals surface area (Å²) in [6.45, 7) is 27.7. The van der Waals surface area contributed by atoms with Crippen LogP contribution in [-0.4, -0.2) is 14.7 Å². The molecule has 3 N–H and O–H groups in total. The van der Waals surface area contributed by atoms with Crippen molar-refractivity contribution in [3.05, 3.63) is 58.7 Å². The Labute approximate surface area is 197 Å². The molecule has 2 aromatic carbocycles. The van der Waals surface area contributed by atoms with Gasteiger partial charge in [-0.05, 0) is 55.0 Å². The minimum Gasteiger partial charge on any atom is -0.328 e. The maximum atomic E-state index is 7.23. The molecule has 0 aliphatic carbocycles. The summed E-state index contributed by atoms with van der Waals surface area (Å²) in [4.78, 5) is 21.7. The predicted molar refractivity (Wildman–Crippen MR) is 140 cm³/mol. The van der Waals surface area contributed by atoms with Gasteiger partial charge >= 0.3 is 8.60 Å². The minimum atomic E-state index is -2.62. The van der Waals surface area contributed by atoms with E-state index in [4.69, 9.17) is 14.7 Å². The van der Waals surface area contributed by atoms with Crippen molar-refractivity contribution >= 4 is 8.60 Å². The van der Waals surface area contributed by atoms with Gasteiger partial charge in [0, 0.05) is 0 Å². The van der Waals surface area contributed by atoms with Crippen molar-refractivity contribution in [1.82, 2.24) is 0 Å². The van der Waals surface area contributed by atoms with E-state index in [1.165, 1.54) is 33.4 Å². The summed E-state index contributed by atoms with van der Waals surface area (Å²) in [6.07, 6.45) is 0. The fourth-order valence-corrected chi connectivity index (χ4v) is 3.32. The SMILES string of the molecule is CC(C)(C)c1cc(-c2cc(C(C)(C)C)cc(C(C)(C)C)c2)cc(C(C)(C)C)c1.OP(O)O. The molecule has 0 atom stereocenters. The second-order valence-electron chi connectivity index (χ2n) is 12.9. The highest BCUT2D eigenvalue weighted by molar-refractivity contribution is 7.38. The topological polar surface area (TPSA) is 60.7 Å². The third kappa shape index (κ3) is 8.60. The molecule has 0 amide bonds. The monoisotopic (exact) mass is 460 g/mol. The molecule has 32 heavy (non-hydrogen) atoms. The van der Waals surface area contributed by atoms with Crippen molar-refractivity contribution in [1.29, 1.82) is 0 Å². The number of benzene rings is 2. The van der Waals surface area contributed by atoms with Crippen LogP contribution < -0.4 is 0 Å². The van der Waals surface area contributed by atoms with E-state index in [1.54, 1.807) is 0 Å². The molecule has 0 aliphatic heterocycles. The molecule has 0 saturated carbocycles. The molecule has 0 aliphatic rings. The van der Waals surface area contributed by atoms with E-state index in [0.717, 1.165) is 0 Å². The maximum Gasteiger partial charge on any atom is 0.324 e. The van der Waals surface area contributed by atoms with E-state index in [2.05, 4.69) is 119 Å². The molecule has 0 spiro atoms. The Balaban J connectivity index is 0.00000118. The first-order chi connectivity index (χ1) is 14.1. The summed E-state index contributed by atoms with van der Waals surface area (Å²) in [5, 5.41) is 0. The summed E-state index contributed by atoms with van der Waals surface area (Å²) >= 11 is 0. The van der Waals surface area contributed by atoms with Crippen LogP contribution in [0.15, 0.2) is 36.4 Å². The van der Waals surface area contributed by atoms with E-state index in [1.807, 2.05) is 0 Å². The Hall–Kier alpha value is -1.25. The van der Waals surface area contributed by atoms with E-state index < -0.39 is 8.60 Å². The van der Waals surface area contributed by atoms with E-state index in [0.29, 0.717) is 0 Å². The molecule has 180 valence electrons. The van der Waals surface area contributed by atoms with Crippen LogP contribution >= 0.6 is 8.60 Å². The summed E-state index contributed by atoms with van der Waals surface area (Å²) in [5.74, 6) is 0. The first-order valence-electron chi connectivity index (χ1n) is 11.3. The average Bonchev–Trinajstić information content (AvgIpc) is 2.57. The molecule has 4 heteroatoms. The van der Waals surface area contributed by atoms with Crippen molar-refractivity contribution in [2.24, 2.45) is 0 Å². The highest BCUT2D eigenvalue weighted by Crippen LogP contribution is 2.37. The largest absolute Gasteiger partial charge is 0.328 e. The van der Waals surface area contributed by atoms with Crippen molar-refractivity contribution in [2.75, 3.05) is 0 Å². The zero-order valence-corrected chi connectivity index (χ0v) is 23.1. The van der Waals surface area contributed by atoms with Crippen LogP contribution in [0.1, 0.15) is 105 Å². The van der Waals surface area contributed by atoms with Crippen molar-refractivity contribution in [2.45, 2.75) is 105 Å². The van der Waals surface area contributed by atoms with Gasteiger partial charge in [-0.15, -0.1) is 0 Å². The Bertz CT molecular complexity index is 761. The van der Waals surface area contributed by atoms with Gasteiger partial charge in [0.2, 0.25) is 0 Å². The molecule has 0 fully saturated rings. The van der Waals surface area contributed by atoms with Crippen LogP contribution in [0, 0.1) is 0 Å². The predicted octanol–water partition coefficient (Wildman–Crippen LogP) is 7.73. The highest BCUT2D eigenvalue weighted by Gasteiger charge is 2.24. The molecule has 3 nitrogen and oxygen atoms in total. The Morgan fingerprint density at radius 1 is 0.406 bits per heavy atom. The Morgan fingerprint density at radius 2 is 0.562 bits per heavy atom. The van der Waals surface area contributed by atoms with Crippen molar-refractivity contribution in [3.63, 3.8) is 0 Å². The zero-order valence-electron chi connectivity index (χ0n) is 22.3. The highest BCUT2D eigenvalue weighted by atomic mass is 31.2. The third-order valence-electron chi connectivity index (χ3n) is 5.66. The van der Waals surface area contributed by atoms with E-state index in [-0.39, 0.29) is 21.7 Å². The van der Waals surface area contributed by atoms with Gasteiger partial charge in [-0.1, -0.05) is 119 Å². The van der Waals surface area contributed by atoms with Gasteiger partial charge < -0.3 is 14.7 Å². The van der Waals surface area contributed by atoms with E-state index >= 15 is 0 Å². The number of rotatable bonds is 1. The van der Waals surface area contributed by atoms with Gasteiger partial charge in [0.15, 0.2) is 0 Å². The maximum absolute atomic E-state index is 7.23. The summed E-state index contributed by atoms with van der Waals surface area (Å²) in [6, 6.07) is 14.4. The first kappa shape index (κ1) is 28.8. The normalized spacial score (nSPS) is 13.1.